The Morgan fingerprint density at radius 3 is 1.66 bits per heavy atom. The molecule has 2 N–H and O–H groups in total. The number of piperazine rings is 2. The van der Waals surface area contributed by atoms with Crippen LogP contribution >= 0.6 is 39.7 Å². The zero-order valence-corrected chi connectivity index (χ0v) is 37.9. The van der Waals surface area contributed by atoms with E-state index >= 15 is 0 Å². The fourth-order valence-corrected chi connectivity index (χ4v) is 7.75. The van der Waals surface area contributed by atoms with Crippen LogP contribution in [-0.2, 0) is 9.59 Å². The smallest absolute Gasteiger partial charge is 0.295 e. The maximum absolute atomic E-state index is 13.0. The number of aromatic amines is 1. The first-order valence-electron chi connectivity index (χ1n) is 19.8. The number of carbonyl (C=O) groups excluding carboxylic acids is 6. The zero-order valence-electron chi connectivity index (χ0n) is 34.7. The lowest BCUT2D eigenvalue weighted by Crippen LogP contribution is -2.56. The third-order valence-electron chi connectivity index (χ3n) is 10.9. The third kappa shape index (κ3) is 10.9. The number of aromatic nitrogens is 4. The van der Waals surface area contributed by atoms with Crippen molar-refractivity contribution in [3.8, 4) is 11.4 Å². The molecule has 6 heterocycles. The second-order valence-electron chi connectivity index (χ2n) is 15.0. The highest BCUT2D eigenvalue weighted by Gasteiger charge is 2.37. The Morgan fingerprint density at radius 2 is 1.17 bits per heavy atom. The number of halogens is 3. The van der Waals surface area contributed by atoms with E-state index < -0.39 is 29.4 Å². The van der Waals surface area contributed by atoms with E-state index in [1.54, 1.807) is 64.3 Å². The molecule has 2 aromatic heterocycles. The lowest BCUT2D eigenvalue weighted by atomic mass is 10.0. The molecule has 64 heavy (non-hydrogen) atoms. The minimum atomic E-state index is -1.20. The van der Waals surface area contributed by atoms with Crippen molar-refractivity contribution in [2.45, 2.75) is 47.2 Å². The van der Waals surface area contributed by atoms with Crippen molar-refractivity contribution < 1.29 is 34.0 Å². The van der Waals surface area contributed by atoms with Gasteiger partial charge in [0.25, 0.3) is 35.2 Å². The summed E-state index contributed by atoms with van der Waals surface area (Å²) in [7, 11) is 0. The van der Waals surface area contributed by atoms with Crippen molar-refractivity contribution in [3.05, 3.63) is 131 Å². The zero-order chi connectivity index (χ0) is 45.5. The number of carbonyl (C=O) groups is 6. The number of hydrogen-bond donors (Lipinski definition) is 2. The van der Waals surface area contributed by atoms with Crippen LogP contribution in [0.1, 0.15) is 73.8 Å². The molecular formula is C45H48Cl3N8O7P. The van der Waals surface area contributed by atoms with Crippen molar-refractivity contribution in [1.82, 2.24) is 39.3 Å². The monoisotopic (exact) mass is 948 g/mol. The van der Waals surface area contributed by atoms with Crippen LogP contribution in [0.3, 0.4) is 0 Å². The summed E-state index contributed by atoms with van der Waals surface area (Å²) in [6.45, 7) is 9.44. The SMILES string of the molecule is C.Cc1ccn(O)c2ncc(C(=O)C(=O)N3CCN(C(=O)c4ccccc4)C[C@H]3C)c1-2.Cc1ccnc2[nH]cc(C(=O)C(=O)N3CCN(C(=O)c4ccccc4)C[C@H]3C)c12.ClP(Cl)Cl. The number of Topliss-reactive ketones (excluding diaryl/α,β-unsaturated/α-hetero) is 2. The summed E-state index contributed by atoms with van der Waals surface area (Å²) in [6.07, 6.45) is 5.97. The van der Waals surface area contributed by atoms with Crippen molar-refractivity contribution in [2.75, 3.05) is 39.3 Å². The average molecular weight is 950 g/mol. The van der Waals surface area contributed by atoms with Gasteiger partial charge in [-0.05, 0) is 75.2 Å². The molecule has 2 aromatic carbocycles. The molecule has 4 aromatic rings. The summed E-state index contributed by atoms with van der Waals surface area (Å²) in [4.78, 5) is 94.9. The Labute approximate surface area is 386 Å². The molecule has 19 heteroatoms. The maximum atomic E-state index is 13.0. The van der Waals surface area contributed by atoms with Gasteiger partial charge < -0.3 is 29.8 Å². The van der Waals surface area contributed by atoms with Gasteiger partial charge in [-0.15, -0.1) is 0 Å². The molecule has 2 saturated heterocycles. The molecule has 0 aliphatic carbocycles. The Morgan fingerprint density at radius 1 is 0.688 bits per heavy atom. The number of pyridine rings is 2. The predicted octanol–water partition coefficient (Wildman–Crippen LogP) is 8.08. The fourth-order valence-electron chi connectivity index (χ4n) is 7.75. The molecule has 0 bridgehead atoms. The topological polar surface area (TPSA) is 182 Å². The molecular weight excluding hydrogens is 902 g/mol. The van der Waals surface area contributed by atoms with E-state index in [4.69, 9.17) is 33.7 Å². The van der Waals surface area contributed by atoms with Crippen LogP contribution in [0.5, 0.6) is 0 Å². The van der Waals surface area contributed by atoms with Gasteiger partial charge in [0.05, 0.1) is 11.1 Å². The molecule has 2 atom stereocenters. The largest absolute Gasteiger partial charge is 0.427 e. The van der Waals surface area contributed by atoms with E-state index in [2.05, 4.69) is 15.0 Å². The van der Waals surface area contributed by atoms with E-state index in [-0.39, 0.29) is 49.3 Å². The van der Waals surface area contributed by atoms with Gasteiger partial charge in [-0.3, -0.25) is 28.8 Å². The van der Waals surface area contributed by atoms with Crippen molar-refractivity contribution in [2.24, 2.45) is 0 Å². The van der Waals surface area contributed by atoms with Gasteiger partial charge in [0, 0.05) is 98.2 Å². The van der Waals surface area contributed by atoms with Crippen LogP contribution in [0.15, 0.2) is 97.6 Å². The van der Waals surface area contributed by atoms with Gasteiger partial charge in [-0.2, -0.15) is 4.73 Å². The van der Waals surface area contributed by atoms with Crippen LogP contribution in [0.4, 0.5) is 0 Å². The van der Waals surface area contributed by atoms with E-state index in [1.807, 2.05) is 63.2 Å². The fraction of sp³-hybridized carbons (Fsp3) is 0.289. The lowest BCUT2D eigenvalue weighted by Gasteiger charge is -2.39. The molecule has 4 amide bonds. The number of hydrogen-bond acceptors (Lipinski definition) is 9. The summed E-state index contributed by atoms with van der Waals surface area (Å²) in [5.41, 5.74) is 4.42. The van der Waals surface area contributed by atoms with Gasteiger partial charge in [-0.1, -0.05) is 77.5 Å². The first-order chi connectivity index (χ1) is 30.1. The molecule has 2 fully saturated rings. The Bertz CT molecular complexity index is 2610. The molecule has 0 spiro atoms. The Balaban J connectivity index is 0.000000219. The van der Waals surface area contributed by atoms with Crippen molar-refractivity contribution in [3.63, 3.8) is 0 Å². The van der Waals surface area contributed by atoms with Gasteiger partial charge in [-0.25, -0.2) is 9.97 Å². The van der Waals surface area contributed by atoms with Crippen LogP contribution < -0.4 is 0 Å². The highest BCUT2D eigenvalue weighted by atomic mass is 36.0. The average Bonchev–Trinajstić information content (AvgIpc) is 3.94. The summed E-state index contributed by atoms with van der Waals surface area (Å²) < 4.78 is 0.834. The van der Waals surface area contributed by atoms with E-state index in [9.17, 15) is 34.0 Å². The molecule has 15 nitrogen and oxygen atoms in total. The molecule has 4 aliphatic heterocycles. The predicted molar refractivity (Wildman–Crippen MR) is 249 cm³/mol. The molecule has 8 rings (SSSR count). The number of fused-ring (bicyclic) bond motifs is 2. The minimum Gasteiger partial charge on any atom is -0.427 e. The normalized spacial score (nSPS) is 16.0. The van der Waals surface area contributed by atoms with Crippen molar-refractivity contribution in [1.29, 1.82) is 0 Å². The number of ketones is 2. The lowest BCUT2D eigenvalue weighted by molar-refractivity contribution is -0.130. The van der Waals surface area contributed by atoms with E-state index in [0.717, 1.165) is 15.9 Å². The Kier molecular flexibility index (Phi) is 16.7. The third-order valence-corrected chi connectivity index (χ3v) is 10.9. The number of aryl methyl sites for hydroxylation is 2. The second-order valence-corrected chi connectivity index (χ2v) is 20.0. The van der Waals surface area contributed by atoms with Gasteiger partial charge in [0.15, 0.2) is 11.8 Å². The van der Waals surface area contributed by atoms with Crippen LogP contribution in [0.2, 0.25) is 0 Å². The molecule has 0 saturated carbocycles. The van der Waals surface area contributed by atoms with Gasteiger partial charge in [0.1, 0.15) is 5.65 Å². The molecule has 4 aliphatic rings. The Hall–Kier alpha value is -5.86. The molecule has 336 valence electrons. The number of benzene rings is 2. The quantitative estimate of drug-likeness (QED) is 0.0722. The van der Waals surface area contributed by atoms with Crippen LogP contribution in [-0.4, -0.2) is 131 Å². The van der Waals surface area contributed by atoms with Gasteiger partial charge in [0.2, 0.25) is 0 Å². The highest BCUT2D eigenvalue weighted by molar-refractivity contribution is 8.20. The maximum Gasteiger partial charge on any atom is 0.295 e. The first-order valence-corrected chi connectivity index (χ1v) is 23.9. The van der Waals surface area contributed by atoms with Crippen LogP contribution in [0, 0.1) is 13.8 Å². The van der Waals surface area contributed by atoms with Crippen molar-refractivity contribution >= 4 is 85.9 Å². The standard InChI is InChI=1S/C22H22N4O4.C22H22N4O3.CH4.Cl3P/c1-14-8-9-26(30)20-18(14)17(12-23-20)19(27)22(29)25-11-10-24(13-15(25)2)21(28)16-6-4-3-5-7-16;1-14-8-9-23-20-18(14)17(12-24-20)19(27)22(29)26-11-10-25(13-15(26)2)21(28)16-6-4-3-5-7-16;;1-4(2)3/h3-9,12,15,30H,10-11,13H2,1-2H3;3-9,12,15H,10-11,13H2,1-2H3,(H,23,24);1H4;/t2*15-;;/m11../s1. The number of amides is 4. The number of nitrogens with zero attached hydrogens (tertiary/aromatic N) is 7. The van der Waals surface area contributed by atoms with E-state index in [0.29, 0.717) is 66.0 Å². The summed E-state index contributed by atoms with van der Waals surface area (Å²) in [6, 6.07) is 21.0. The number of H-pyrrole nitrogens is 1. The summed E-state index contributed by atoms with van der Waals surface area (Å²) >= 11 is 14.6. The van der Waals surface area contributed by atoms with Crippen LogP contribution in [0.25, 0.3) is 22.4 Å². The number of nitrogens with one attached hydrogen (secondary N) is 1. The summed E-state index contributed by atoms with van der Waals surface area (Å²) in [5, 5.41) is 10.6. The summed E-state index contributed by atoms with van der Waals surface area (Å²) in [5.74, 6) is -3.51. The van der Waals surface area contributed by atoms with Gasteiger partial charge >= 0.3 is 0 Å². The minimum absolute atomic E-state index is 0. The number of rotatable bonds is 6. The molecule has 0 radical (unpaired) electrons. The molecule has 0 unspecified atom stereocenters. The second kappa shape index (κ2) is 21.7. The highest BCUT2D eigenvalue weighted by Crippen LogP contribution is 2.51. The first kappa shape index (κ1) is 49.2. The van der Waals surface area contributed by atoms with E-state index in [1.165, 1.54) is 17.3 Å².